The number of likely N-dealkylation sites (N-methyl/N-ethyl adjacent to an activating group) is 1. The number of carbonyl (C=O) groups excluding carboxylic acids is 1. The molecule has 0 aliphatic carbocycles. The summed E-state index contributed by atoms with van der Waals surface area (Å²) in [5.41, 5.74) is 6.81. The molecule has 0 spiro atoms. The third-order valence-corrected chi connectivity index (χ3v) is 3.36. The number of ether oxygens (including phenoxy) is 2. The van der Waals surface area contributed by atoms with E-state index in [1.54, 1.807) is 19.1 Å². The zero-order valence-corrected chi connectivity index (χ0v) is 11.6. The van der Waals surface area contributed by atoms with Gasteiger partial charge < -0.3 is 20.1 Å². The van der Waals surface area contributed by atoms with Crippen LogP contribution in [0.15, 0.2) is 18.2 Å². The fourth-order valence-corrected chi connectivity index (χ4v) is 2.12. The van der Waals surface area contributed by atoms with Crippen LogP contribution in [0.25, 0.3) is 0 Å². The van der Waals surface area contributed by atoms with Crippen LogP contribution < -0.4 is 15.2 Å². The van der Waals surface area contributed by atoms with Crippen molar-refractivity contribution in [2.75, 3.05) is 20.7 Å². The first-order chi connectivity index (χ1) is 9.02. The molecule has 1 saturated heterocycles. The van der Waals surface area contributed by atoms with Crippen molar-refractivity contribution in [3.63, 3.8) is 0 Å². The van der Waals surface area contributed by atoms with E-state index >= 15 is 0 Å². The second-order valence-electron chi connectivity index (χ2n) is 4.85. The topological polar surface area (TPSA) is 64.8 Å². The number of nitrogens with zero attached hydrogens (tertiary/aromatic N) is 1. The molecule has 1 aliphatic rings. The Balaban J connectivity index is 2.18. The minimum absolute atomic E-state index is 0.0123. The van der Waals surface area contributed by atoms with Crippen LogP contribution in [0.2, 0.25) is 0 Å². The van der Waals surface area contributed by atoms with E-state index in [1.807, 2.05) is 25.1 Å². The second kappa shape index (κ2) is 5.48. The summed E-state index contributed by atoms with van der Waals surface area (Å²) in [6.45, 7) is 2.63. The van der Waals surface area contributed by atoms with E-state index in [2.05, 4.69) is 0 Å². The average molecular weight is 264 g/mol. The standard InChI is InChI=1S/C14H20N2O3/c1-9(15)10-4-5-11(13(8-10)18-3)19-12-6-7-16(2)14(12)17/h4-5,8-9,12H,6-7,15H2,1-3H3/t9-,12?/m0/s1. The maximum absolute atomic E-state index is 11.8. The van der Waals surface area contributed by atoms with E-state index in [0.29, 0.717) is 17.9 Å². The van der Waals surface area contributed by atoms with Crippen molar-refractivity contribution in [1.82, 2.24) is 4.90 Å². The van der Waals surface area contributed by atoms with Crippen molar-refractivity contribution in [2.24, 2.45) is 5.73 Å². The Hall–Kier alpha value is -1.75. The van der Waals surface area contributed by atoms with Gasteiger partial charge in [0.2, 0.25) is 0 Å². The number of carbonyl (C=O) groups is 1. The Morgan fingerprint density at radius 2 is 2.16 bits per heavy atom. The molecule has 0 radical (unpaired) electrons. The number of nitrogens with two attached hydrogens (primary N) is 1. The van der Waals surface area contributed by atoms with Gasteiger partial charge >= 0.3 is 0 Å². The van der Waals surface area contributed by atoms with Gasteiger partial charge in [0, 0.05) is 26.1 Å². The zero-order valence-electron chi connectivity index (χ0n) is 11.6. The third-order valence-electron chi connectivity index (χ3n) is 3.36. The SMILES string of the molecule is COc1cc([C@H](C)N)ccc1OC1CCN(C)C1=O. The molecule has 19 heavy (non-hydrogen) atoms. The molecule has 1 aromatic rings. The lowest BCUT2D eigenvalue weighted by molar-refractivity contribution is -0.132. The number of hydrogen-bond donors (Lipinski definition) is 1. The third kappa shape index (κ3) is 2.81. The summed E-state index contributed by atoms with van der Waals surface area (Å²) in [5.74, 6) is 1.20. The fraction of sp³-hybridized carbons (Fsp3) is 0.500. The summed E-state index contributed by atoms with van der Waals surface area (Å²) in [6, 6.07) is 5.49. The highest BCUT2D eigenvalue weighted by atomic mass is 16.5. The Labute approximate surface area is 113 Å². The van der Waals surface area contributed by atoms with Crippen LogP contribution in [0.5, 0.6) is 11.5 Å². The van der Waals surface area contributed by atoms with Gasteiger partial charge in [-0.3, -0.25) is 4.79 Å². The van der Waals surface area contributed by atoms with E-state index in [-0.39, 0.29) is 11.9 Å². The molecule has 0 bridgehead atoms. The van der Waals surface area contributed by atoms with Gasteiger partial charge in [-0.2, -0.15) is 0 Å². The number of likely N-dealkylation sites (tertiary alicyclic amines) is 1. The van der Waals surface area contributed by atoms with Gasteiger partial charge in [0.05, 0.1) is 7.11 Å². The second-order valence-corrected chi connectivity index (χ2v) is 4.85. The van der Waals surface area contributed by atoms with Crippen LogP contribution in [0, 0.1) is 0 Å². The van der Waals surface area contributed by atoms with Gasteiger partial charge in [0.15, 0.2) is 17.6 Å². The molecule has 1 aromatic carbocycles. The highest BCUT2D eigenvalue weighted by molar-refractivity contribution is 5.83. The van der Waals surface area contributed by atoms with Crippen LogP contribution in [0.4, 0.5) is 0 Å². The molecule has 0 aromatic heterocycles. The van der Waals surface area contributed by atoms with Gasteiger partial charge in [-0.25, -0.2) is 0 Å². The van der Waals surface area contributed by atoms with Crippen molar-refractivity contribution in [3.05, 3.63) is 23.8 Å². The Kier molecular flexibility index (Phi) is 3.95. The van der Waals surface area contributed by atoms with Gasteiger partial charge in [-0.1, -0.05) is 6.07 Å². The van der Waals surface area contributed by atoms with Crippen molar-refractivity contribution in [3.8, 4) is 11.5 Å². The molecule has 0 saturated carbocycles. The van der Waals surface area contributed by atoms with Gasteiger partial charge in [-0.05, 0) is 24.6 Å². The summed E-state index contributed by atoms with van der Waals surface area (Å²) in [7, 11) is 3.36. The smallest absolute Gasteiger partial charge is 0.263 e. The fourth-order valence-electron chi connectivity index (χ4n) is 2.12. The van der Waals surface area contributed by atoms with Crippen molar-refractivity contribution in [1.29, 1.82) is 0 Å². The molecule has 2 rings (SSSR count). The molecule has 104 valence electrons. The lowest BCUT2D eigenvalue weighted by atomic mass is 10.1. The lowest BCUT2D eigenvalue weighted by Crippen LogP contribution is -2.29. The summed E-state index contributed by atoms with van der Waals surface area (Å²) >= 11 is 0. The molecule has 5 nitrogen and oxygen atoms in total. The van der Waals surface area contributed by atoms with E-state index < -0.39 is 6.10 Å². The maximum atomic E-state index is 11.8. The average Bonchev–Trinajstić information content (AvgIpc) is 2.71. The molecule has 1 amide bonds. The first kappa shape index (κ1) is 13.7. The van der Waals surface area contributed by atoms with E-state index in [4.69, 9.17) is 15.2 Å². The molecule has 2 atom stereocenters. The quantitative estimate of drug-likeness (QED) is 0.891. The van der Waals surface area contributed by atoms with Crippen molar-refractivity contribution < 1.29 is 14.3 Å². The van der Waals surface area contributed by atoms with Gasteiger partial charge in [-0.15, -0.1) is 0 Å². The highest BCUT2D eigenvalue weighted by Gasteiger charge is 2.31. The van der Waals surface area contributed by atoms with Crippen LogP contribution >= 0.6 is 0 Å². The Morgan fingerprint density at radius 3 is 2.68 bits per heavy atom. The van der Waals surface area contributed by atoms with Crippen LogP contribution in [-0.2, 0) is 4.79 Å². The Morgan fingerprint density at radius 1 is 1.42 bits per heavy atom. The number of methoxy groups -OCH3 is 1. The van der Waals surface area contributed by atoms with Crippen molar-refractivity contribution >= 4 is 5.91 Å². The van der Waals surface area contributed by atoms with E-state index in [9.17, 15) is 4.79 Å². The summed E-state index contributed by atoms with van der Waals surface area (Å²) < 4.78 is 11.1. The van der Waals surface area contributed by atoms with Crippen LogP contribution in [0.1, 0.15) is 24.9 Å². The Bertz CT molecular complexity index is 474. The van der Waals surface area contributed by atoms with Crippen LogP contribution in [-0.4, -0.2) is 37.6 Å². The molecule has 1 heterocycles. The van der Waals surface area contributed by atoms with Gasteiger partial charge in [0.25, 0.3) is 5.91 Å². The summed E-state index contributed by atoms with van der Waals surface area (Å²) in [4.78, 5) is 13.5. The minimum atomic E-state index is -0.417. The zero-order chi connectivity index (χ0) is 14.0. The molecule has 1 aliphatic heterocycles. The largest absolute Gasteiger partial charge is 0.493 e. The predicted molar refractivity (Wildman–Crippen MR) is 72.3 cm³/mol. The predicted octanol–water partition coefficient (Wildman–Crippen LogP) is 1.32. The van der Waals surface area contributed by atoms with Crippen LogP contribution in [0.3, 0.4) is 0 Å². The van der Waals surface area contributed by atoms with E-state index in [1.165, 1.54) is 0 Å². The summed E-state index contributed by atoms with van der Waals surface area (Å²) in [6.07, 6.45) is 0.285. The molecule has 1 unspecified atom stereocenters. The number of amides is 1. The normalized spacial score (nSPS) is 20.5. The lowest BCUT2D eigenvalue weighted by Gasteiger charge is -2.17. The molecular formula is C14H20N2O3. The first-order valence-corrected chi connectivity index (χ1v) is 6.38. The van der Waals surface area contributed by atoms with Gasteiger partial charge in [0.1, 0.15) is 0 Å². The molecular weight excluding hydrogens is 244 g/mol. The first-order valence-electron chi connectivity index (χ1n) is 6.38. The maximum Gasteiger partial charge on any atom is 0.263 e. The van der Waals surface area contributed by atoms with Crippen molar-refractivity contribution in [2.45, 2.75) is 25.5 Å². The number of benzene rings is 1. The number of hydrogen-bond acceptors (Lipinski definition) is 4. The monoisotopic (exact) mass is 264 g/mol. The molecule has 2 N–H and O–H groups in total. The summed E-state index contributed by atoms with van der Waals surface area (Å²) in [5, 5.41) is 0. The highest BCUT2D eigenvalue weighted by Crippen LogP contribution is 2.31. The van der Waals surface area contributed by atoms with E-state index in [0.717, 1.165) is 12.1 Å². The molecule has 1 fully saturated rings. The minimum Gasteiger partial charge on any atom is -0.493 e. The number of rotatable bonds is 4. The molecule has 5 heteroatoms.